The zero-order valence-electron chi connectivity index (χ0n) is 8.66. The Kier molecular flexibility index (Phi) is 4.66. The van der Waals surface area contributed by atoms with E-state index in [-0.39, 0.29) is 0 Å². The lowest BCUT2D eigenvalue weighted by Gasteiger charge is -2.08. The van der Waals surface area contributed by atoms with Crippen LogP contribution in [-0.4, -0.2) is 5.11 Å². The number of aliphatic hydroxyl groups is 1. The minimum absolute atomic E-state index is 0.516. The number of rotatable bonds is 3. The van der Waals surface area contributed by atoms with E-state index in [2.05, 4.69) is 31.9 Å². The number of hydrogen-bond acceptors (Lipinski definition) is 2. The molecule has 0 saturated heterocycles. The summed E-state index contributed by atoms with van der Waals surface area (Å²) in [5.41, 5.74) is 1.09. The van der Waals surface area contributed by atoms with Crippen LogP contribution < -0.4 is 0 Å². The van der Waals surface area contributed by atoms with Crippen molar-refractivity contribution in [2.24, 2.45) is 0 Å². The van der Waals surface area contributed by atoms with Crippen LogP contribution >= 0.6 is 54.8 Å². The lowest BCUT2D eigenvalue weighted by Crippen LogP contribution is -1.99. The predicted molar refractivity (Wildman–Crippen MR) is 79.8 cm³/mol. The predicted octanol–water partition coefficient (Wildman–Crippen LogP) is 5.20. The molecule has 0 bridgehead atoms. The van der Waals surface area contributed by atoms with Gasteiger partial charge in [0.25, 0.3) is 0 Å². The molecule has 0 amide bonds. The second kappa shape index (κ2) is 5.85. The minimum atomic E-state index is -0.516. The van der Waals surface area contributed by atoms with Gasteiger partial charge in [0.1, 0.15) is 4.34 Å². The van der Waals surface area contributed by atoms with E-state index in [1.54, 1.807) is 0 Å². The molecule has 0 aliphatic rings. The third-order valence-corrected chi connectivity index (χ3v) is 5.38. The summed E-state index contributed by atoms with van der Waals surface area (Å²) in [6, 6.07) is 9.80. The third kappa shape index (κ3) is 3.55. The summed E-state index contributed by atoms with van der Waals surface area (Å²) >= 11 is 14.1. The Labute approximate surface area is 126 Å². The Morgan fingerprint density at radius 2 is 2.06 bits per heavy atom. The fraction of sp³-hybridized carbons (Fsp3) is 0.167. The molecule has 5 heteroatoms. The fourth-order valence-corrected chi connectivity index (χ4v) is 3.68. The van der Waals surface area contributed by atoms with Gasteiger partial charge in [-0.25, -0.2) is 0 Å². The van der Waals surface area contributed by atoms with E-state index in [0.29, 0.717) is 10.8 Å². The largest absolute Gasteiger partial charge is 0.387 e. The van der Waals surface area contributed by atoms with Gasteiger partial charge in [-0.3, -0.25) is 0 Å². The van der Waals surface area contributed by atoms with E-state index in [1.165, 1.54) is 11.3 Å². The molecule has 0 radical (unpaired) electrons. The van der Waals surface area contributed by atoms with Crippen molar-refractivity contribution in [1.82, 2.24) is 0 Å². The molecule has 2 aromatic rings. The Balaban J connectivity index is 2.14. The van der Waals surface area contributed by atoms with E-state index in [1.807, 2.05) is 30.3 Å². The van der Waals surface area contributed by atoms with Gasteiger partial charge in [0.2, 0.25) is 0 Å². The zero-order valence-corrected chi connectivity index (χ0v) is 13.4. The van der Waals surface area contributed by atoms with E-state index >= 15 is 0 Å². The molecule has 17 heavy (non-hydrogen) atoms. The molecule has 90 valence electrons. The van der Waals surface area contributed by atoms with Gasteiger partial charge >= 0.3 is 0 Å². The number of halogens is 3. The SMILES string of the molecule is OC(Cc1cccc(Br)c1)c1cc(Br)c(Cl)s1. The molecule has 1 atom stereocenters. The van der Waals surface area contributed by atoms with Crippen LogP contribution in [0.3, 0.4) is 0 Å². The maximum atomic E-state index is 10.1. The van der Waals surface area contributed by atoms with Gasteiger partial charge in [0.15, 0.2) is 0 Å². The summed E-state index contributed by atoms with van der Waals surface area (Å²) < 4.78 is 2.54. The Bertz CT molecular complexity index is 507. The van der Waals surface area contributed by atoms with Crippen molar-refractivity contribution in [3.05, 3.63) is 54.1 Å². The molecule has 0 aliphatic carbocycles. The van der Waals surface area contributed by atoms with Gasteiger partial charge in [-0.2, -0.15) is 0 Å². The van der Waals surface area contributed by atoms with Gasteiger partial charge in [0.05, 0.1) is 6.10 Å². The molecule has 1 aromatic carbocycles. The highest BCUT2D eigenvalue weighted by Crippen LogP contribution is 2.36. The summed E-state index contributed by atoms with van der Waals surface area (Å²) in [6.45, 7) is 0. The van der Waals surface area contributed by atoms with Gasteiger partial charge in [-0.15, -0.1) is 11.3 Å². The normalized spacial score (nSPS) is 12.7. The van der Waals surface area contributed by atoms with Crippen molar-refractivity contribution >= 4 is 54.8 Å². The number of aliphatic hydroxyl groups excluding tert-OH is 1. The first-order chi connectivity index (χ1) is 8.06. The van der Waals surface area contributed by atoms with Crippen molar-refractivity contribution < 1.29 is 5.11 Å². The highest BCUT2D eigenvalue weighted by Gasteiger charge is 2.13. The Morgan fingerprint density at radius 1 is 1.29 bits per heavy atom. The van der Waals surface area contributed by atoms with Gasteiger partial charge in [-0.05, 0) is 39.7 Å². The lowest BCUT2D eigenvalue weighted by molar-refractivity contribution is 0.182. The number of hydrogen-bond donors (Lipinski definition) is 1. The molecule has 0 saturated carbocycles. The molecule has 1 heterocycles. The van der Waals surface area contributed by atoms with Crippen LogP contribution in [0.4, 0.5) is 0 Å². The second-order valence-corrected chi connectivity index (χ2v) is 7.08. The topological polar surface area (TPSA) is 20.2 Å². The van der Waals surface area contributed by atoms with Crippen molar-refractivity contribution in [3.63, 3.8) is 0 Å². The van der Waals surface area contributed by atoms with Crippen LogP contribution in [0, 0.1) is 0 Å². The van der Waals surface area contributed by atoms with E-state index in [4.69, 9.17) is 11.6 Å². The standard InChI is InChI=1S/C12H9Br2ClOS/c13-8-3-1-2-7(4-8)5-10(16)11-6-9(14)12(15)17-11/h1-4,6,10,16H,5H2. The smallest absolute Gasteiger partial charge is 0.107 e. The molecular formula is C12H9Br2ClOS. The molecular weight excluding hydrogens is 387 g/mol. The summed E-state index contributed by atoms with van der Waals surface area (Å²) in [4.78, 5) is 0.877. The quantitative estimate of drug-likeness (QED) is 0.756. The molecule has 1 N–H and O–H groups in total. The summed E-state index contributed by atoms with van der Waals surface area (Å²) in [6.07, 6.45) is 0.0704. The van der Waals surface area contributed by atoms with Crippen LogP contribution in [0.1, 0.15) is 16.5 Å². The monoisotopic (exact) mass is 394 g/mol. The lowest BCUT2D eigenvalue weighted by atomic mass is 10.1. The fourth-order valence-electron chi connectivity index (χ4n) is 1.52. The molecule has 1 unspecified atom stereocenters. The highest BCUT2D eigenvalue weighted by atomic mass is 79.9. The highest BCUT2D eigenvalue weighted by molar-refractivity contribution is 9.10. The zero-order chi connectivity index (χ0) is 12.4. The number of benzene rings is 1. The maximum Gasteiger partial charge on any atom is 0.107 e. The van der Waals surface area contributed by atoms with Crippen molar-refractivity contribution in [3.8, 4) is 0 Å². The molecule has 1 aromatic heterocycles. The molecule has 1 nitrogen and oxygen atoms in total. The van der Waals surface area contributed by atoms with Gasteiger partial charge in [0, 0.05) is 20.2 Å². The summed E-state index contributed by atoms with van der Waals surface area (Å²) in [5, 5.41) is 10.1. The first-order valence-electron chi connectivity index (χ1n) is 4.93. The van der Waals surface area contributed by atoms with Gasteiger partial charge < -0.3 is 5.11 Å². The molecule has 0 spiro atoms. The van der Waals surface area contributed by atoms with Crippen molar-refractivity contribution in [2.45, 2.75) is 12.5 Å². The van der Waals surface area contributed by atoms with Crippen LogP contribution in [0.2, 0.25) is 4.34 Å². The minimum Gasteiger partial charge on any atom is -0.387 e. The third-order valence-electron chi connectivity index (χ3n) is 2.31. The molecule has 0 fully saturated rings. The summed E-state index contributed by atoms with van der Waals surface area (Å²) in [7, 11) is 0. The Morgan fingerprint density at radius 3 is 2.65 bits per heavy atom. The second-order valence-electron chi connectivity index (χ2n) is 3.62. The molecule has 0 aliphatic heterocycles. The van der Waals surface area contributed by atoms with Crippen LogP contribution in [0.25, 0.3) is 0 Å². The van der Waals surface area contributed by atoms with Crippen molar-refractivity contribution in [1.29, 1.82) is 0 Å². The number of thiophene rings is 1. The Hall–Kier alpha value is 0.130. The first kappa shape index (κ1) is 13.6. The van der Waals surface area contributed by atoms with Gasteiger partial charge in [-0.1, -0.05) is 39.7 Å². The van der Waals surface area contributed by atoms with Crippen LogP contribution in [-0.2, 0) is 6.42 Å². The van der Waals surface area contributed by atoms with Crippen molar-refractivity contribution in [2.75, 3.05) is 0 Å². The van der Waals surface area contributed by atoms with E-state index < -0.39 is 6.10 Å². The maximum absolute atomic E-state index is 10.1. The van der Waals surface area contributed by atoms with Crippen LogP contribution in [0.15, 0.2) is 39.3 Å². The van der Waals surface area contributed by atoms with Crippen LogP contribution in [0.5, 0.6) is 0 Å². The van der Waals surface area contributed by atoms with E-state index in [9.17, 15) is 5.11 Å². The average Bonchev–Trinajstić information content (AvgIpc) is 2.59. The molecule has 2 rings (SSSR count). The van der Waals surface area contributed by atoms with E-state index in [0.717, 1.165) is 19.4 Å². The average molecular weight is 397 g/mol. The first-order valence-corrected chi connectivity index (χ1v) is 7.71. The summed E-state index contributed by atoms with van der Waals surface area (Å²) in [5.74, 6) is 0.